The normalized spacial score (nSPS) is 11.9. The highest BCUT2D eigenvalue weighted by Gasteiger charge is 2.17. The first-order valence-electron chi connectivity index (χ1n) is 7.47. The summed E-state index contributed by atoms with van der Waals surface area (Å²) in [4.78, 5) is 10.4. The quantitative estimate of drug-likeness (QED) is 0.474. The van der Waals surface area contributed by atoms with Gasteiger partial charge in [0, 0.05) is 6.07 Å². The summed E-state index contributed by atoms with van der Waals surface area (Å²) in [6.45, 7) is 4.01. The van der Waals surface area contributed by atoms with E-state index in [0.29, 0.717) is 6.42 Å². The Kier molecular flexibility index (Phi) is 5.01. The largest absolute Gasteiger partial charge is 0.508 e. The van der Waals surface area contributed by atoms with Crippen molar-refractivity contribution in [3.63, 3.8) is 0 Å². The fourth-order valence-corrected chi connectivity index (χ4v) is 2.70. The number of benzene rings is 2. The van der Waals surface area contributed by atoms with Crippen LogP contribution in [-0.4, -0.2) is 15.1 Å². The number of phenolic OH excluding ortho intramolecular Hbond substituents is 2. The predicted molar refractivity (Wildman–Crippen MR) is 90.3 cm³/mol. The van der Waals surface area contributed by atoms with Crippen LogP contribution in [0.5, 0.6) is 11.5 Å². The Bertz CT molecular complexity index is 748. The van der Waals surface area contributed by atoms with E-state index in [1.807, 2.05) is 26.0 Å². The minimum absolute atomic E-state index is 0.197. The van der Waals surface area contributed by atoms with Crippen LogP contribution in [0.25, 0.3) is 11.1 Å². The molecule has 0 aliphatic carbocycles. The molecule has 0 saturated carbocycles. The van der Waals surface area contributed by atoms with E-state index < -0.39 is 4.92 Å². The maximum atomic E-state index is 11.0. The molecule has 0 heterocycles. The zero-order valence-corrected chi connectivity index (χ0v) is 13.1. The van der Waals surface area contributed by atoms with Gasteiger partial charge in [-0.1, -0.05) is 32.0 Å². The molecule has 2 aromatic rings. The van der Waals surface area contributed by atoms with Crippen LogP contribution in [0.2, 0.25) is 0 Å². The van der Waals surface area contributed by atoms with Crippen molar-refractivity contribution in [2.45, 2.75) is 26.7 Å². The van der Waals surface area contributed by atoms with E-state index >= 15 is 0 Å². The monoisotopic (exact) mass is 313 g/mol. The van der Waals surface area contributed by atoms with Gasteiger partial charge in [-0.2, -0.15) is 0 Å². The zero-order chi connectivity index (χ0) is 17.0. The topological polar surface area (TPSA) is 83.6 Å². The third kappa shape index (κ3) is 3.51. The molecule has 2 aromatic carbocycles. The van der Waals surface area contributed by atoms with Gasteiger partial charge in [0.05, 0.1) is 4.92 Å². The summed E-state index contributed by atoms with van der Waals surface area (Å²) in [6.07, 6.45) is 1.45. The number of allylic oxidation sites excluding steroid dienone is 2. The molecular weight excluding hydrogens is 294 g/mol. The Hall–Kier alpha value is -2.82. The van der Waals surface area contributed by atoms with E-state index in [1.54, 1.807) is 18.2 Å². The van der Waals surface area contributed by atoms with Gasteiger partial charge in [-0.25, -0.2) is 0 Å². The van der Waals surface area contributed by atoms with Crippen molar-refractivity contribution in [3.05, 3.63) is 63.7 Å². The molecule has 0 radical (unpaired) electrons. The Morgan fingerprint density at radius 1 is 0.957 bits per heavy atom. The number of nitrogens with zero attached hydrogens (tertiary/aromatic N) is 1. The Labute approximate surface area is 134 Å². The SMILES string of the molecule is CC/C(=C(/CC)c1ccc(O)c([N+](=O)[O-])c1)c1ccc(O)cc1. The summed E-state index contributed by atoms with van der Waals surface area (Å²) in [6, 6.07) is 11.4. The summed E-state index contributed by atoms with van der Waals surface area (Å²) in [5.41, 5.74) is 3.45. The van der Waals surface area contributed by atoms with Crippen LogP contribution in [0.15, 0.2) is 42.5 Å². The lowest BCUT2D eigenvalue weighted by atomic mass is 9.91. The maximum absolute atomic E-state index is 11.0. The van der Waals surface area contributed by atoms with Gasteiger partial charge >= 0.3 is 5.69 Å². The summed E-state index contributed by atoms with van der Waals surface area (Å²) < 4.78 is 0. The molecule has 120 valence electrons. The summed E-state index contributed by atoms with van der Waals surface area (Å²) in [5, 5.41) is 30.1. The molecule has 5 heteroatoms. The second kappa shape index (κ2) is 6.96. The summed E-state index contributed by atoms with van der Waals surface area (Å²) >= 11 is 0. The third-order valence-corrected chi connectivity index (χ3v) is 3.81. The van der Waals surface area contributed by atoms with Crippen LogP contribution in [0.3, 0.4) is 0 Å². The standard InChI is InChI=1S/C18H19NO4/c1-3-15(12-5-8-14(20)9-6-12)16(4-2)13-7-10-18(21)17(11-13)19(22)23/h5-11,20-21H,3-4H2,1-2H3/b16-15+. The van der Waals surface area contributed by atoms with Crippen LogP contribution in [0, 0.1) is 10.1 Å². The minimum Gasteiger partial charge on any atom is -0.508 e. The second-order valence-electron chi connectivity index (χ2n) is 5.17. The molecule has 2 N–H and O–H groups in total. The number of nitro benzene ring substituents is 1. The Morgan fingerprint density at radius 3 is 2.00 bits per heavy atom. The van der Waals surface area contributed by atoms with Crippen molar-refractivity contribution in [2.75, 3.05) is 0 Å². The first-order chi connectivity index (χ1) is 11.0. The highest BCUT2D eigenvalue weighted by atomic mass is 16.6. The van der Waals surface area contributed by atoms with Crippen molar-refractivity contribution in [2.24, 2.45) is 0 Å². The summed E-state index contributed by atoms with van der Waals surface area (Å²) in [5.74, 6) is -0.139. The van der Waals surface area contributed by atoms with Gasteiger partial charge in [-0.3, -0.25) is 10.1 Å². The first-order valence-corrected chi connectivity index (χ1v) is 7.47. The molecule has 0 saturated heterocycles. The zero-order valence-electron chi connectivity index (χ0n) is 13.1. The Morgan fingerprint density at radius 2 is 1.48 bits per heavy atom. The van der Waals surface area contributed by atoms with Crippen molar-refractivity contribution in [1.82, 2.24) is 0 Å². The Balaban J connectivity index is 2.61. The predicted octanol–water partition coefficient (Wildman–Crippen LogP) is 4.74. The fourth-order valence-electron chi connectivity index (χ4n) is 2.70. The molecule has 0 atom stereocenters. The molecule has 0 unspecified atom stereocenters. The van der Waals surface area contributed by atoms with E-state index in [4.69, 9.17) is 0 Å². The lowest BCUT2D eigenvalue weighted by molar-refractivity contribution is -0.385. The summed E-state index contributed by atoms with van der Waals surface area (Å²) in [7, 11) is 0. The molecule has 2 rings (SSSR count). The molecular formula is C18H19NO4. The molecule has 0 fully saturated rings. The fraction of sp³-hybridized carbons (Fsp3) is 0.222. The lowest BCUT2D eigenvalue weighted by Crippen LogP contribution is -1.94. The molecule has 0 bridgehead atoms. The van der Waals surface area contributed by atoms with E-state index in [2.05, 4.69) is 0 Å². The lowest BCUT2D eigenvalue weighted by Gasteiger charge is -2.14. The molecule has 23 heavy (non-hydrogen) atoms. The smallest absolute Gasteiger partial charge is 0.311 e. The number of nitro groups is 1. The average molecular weight is 313 g/mol. The molecule has 0 aliphatic heterocycles. The number of aromatic hydroxyl groups is 2. The minimum atomic E-state index is -0.585. The van der Waals surface area contributed by atoms with Gasteiger partial charge < -0.3 is 10.2 Å². The van der Waals surface area contributed by atoms with Gasteiger partial charge in [-0.05, 0) is 53.3 Å². The molecule has 0 aliphatic rings. The van der Waals surface area contributed by atoms with Crippen molar-refractivity contribution >= 4 is 16.8 Å². The van der Waals surface area contributed by atoms with Gasteiger partial charge in [-0.15, -0.1) is 0 Å². The molecule has 5 nitrogen and oxygen atoms in total. The number of phenols is 2. The van der Waals surface area contributed by atoms with Gasteiger partial charge in [0.1, 0.15) is 5.75 Å². The molecule has 0 spiro atoms. The van der Waals surface area contributed by atoms with Gasteiger partial charge in [0.2, 0.25) is 0 Å². The van der Waals surface area contributed by atoms with Crippen molar-refractivity contribution < 1.29 is 15.1 Å². The van der Waals surface area contributed by atoms with Crippen LogP contribution >= 0.6 is 0 Å². The van der Waals surface area contributed by atoms with Crippen LogP contribution in [-0.2, 0) is 0 Å². The van der Waals surface area contributed by atoms with Gasteiger partial charge in [0.15, 0.2) is 5.75 Å². The highest BCUT2D eigenvalue weighted by Crippen LogP contribution is 2.35. The third-order valence-electron chi connectivity index (χ3n) is 3.81. The van der Waals surface area contributed by atoms with Crippen LogP contribution in [0.4, 0.5) is 5.69 Å². The maximum Gasteiger partial charge on any atom is 0.311 e. The van der Waals surface area contributed by atoms with Crippen molar-refractivity contribution in [3.8, 4) is 11.5 Å². The van der Waals surface area contributed by atoms with Crippen molar-refractivity contribution in [1.29, 1.82) is 0 Å². The number of hydrogen-bond donors (Lipinski definition) is 2. The van der Waals surface area contributed by atoms with Crippen LogP contribution in [0.1, 0.15) is 37.8 Å². The van der Waals surface area contributed by atoms with E-state index in [-0.39, 0.29) is 17.2 Å². The highest BCUT2D eigenvalue weighted by molar-refractivity contribution is 5.91. The number of rotatable bonds is 5. The molecule has 0 aromatic heterocycles. The average Bonchev–Trinajstić information content (AvgIpc) is 2.54. The van der Waals surface area contributed by atoms with Crippen LogP contribution < -0.4 is 0 Å². The van der Waals surface area contributed by atoms with E-state index in [9.17, 15) is 20.3 Å². The second-order valence-corrected chi connectivity index (χ2v) is 5.17. The molecule has 0 amide bonds. The van der Waals surface area contributed by atoms with E-state index in [0.717, 1.165) is 28.7 Å². The van der Waals surface area contributed by atoms with E-state index in [1.165, 1.54) is 12.1 Å². The van der Waals surface area contributed by atoms with Gasteiger partial charge in [0.25, 0.3) is 0 Å². The number of hydrogen-bond acceptors (Lipinski definition) is 4. The first kappa shape index (κ1) is 16.5.